The molecule has 1 aromatic rings. The highest BCUT2D eigenvalue weighted by molar-refractivity contribution is 9.10. The Labute approximate surface area is 128 Å². The molecular weight excluding hydrogens is 319 g/mol. The van der Waals surface area contributed by atoms with Gasteiger partial charge in [0.15, 0.2) is 0 Å². The molecule has 1 saturated heterocycles. The lowest BCUT2D eigenvalue weighted by molar-refractivity contribution is 0.164. The molecule has 1 aliphatic heterocycles. The van der Waals surface area contributed by atoms with Gasteiger partial charge < -0.3 is 5.32 Å². The van der Waals surface area contributed by atoms with E-state index in [1.807, 2.05) is 6.07 Å². The minimum atomic E-state index is -0.161. The van der Waals surface area contributed by atoms with Crippen LogP contribution < -0.4 is 5.32 Å². The molecule has 0 spiro atoms. The van der Waals surface area contributed by atoms with Crippen molar-refractivity contribution < 1.29 is 4.39 Å². The van der Waals surface area contributed by atoms with Crippen molar-refractivity contribution in [1.29, 1.82) is 0 Å². The van der Waals surface area contributed by atoms with Crippen molar-refractivity contribution >= 4 is 15.9 Å². The number of hydrogen-bond acceptors (Lipinski definition) is 2. The van der Waals surface area contributed by atoms with Crippen molar-refractivity contribution in [2.24, 2.45) is 5.92 Å². The molecule has 2 nitrogen and oxygen atoms in total. The molecule has 0 radical (unpaired) electrons. The molecule has 0 aromatic heterocycles. The van der Waals surface area contributed by atoms with Crippen LogP contribution in [0.15, 0.2) is 22.7 Å². The molecule has 1 unspecified atom stereocenters. The second-order valence-corrected chi connectivity index (χ2v) is 6.93. The molecular formula is C16H22BrFN2. The van der Waals surface area contributed by atoms with Crippen LogP contribution in [0.5, 0.6) is 0 Å². The average molecular weight is 341 g/mol. The minimum absolute atomic E-state index is 0.161. The summed E-state index contributed by atoms with van der Waals surface area (Å²) < 4.78 is 14.2. The maximum atomic E-state index is 13.6. The van der Waals surface area contributed by atoms with E-state index in [0.29, 0.717) is 4.47 Å². The van der Waals surface area contributed by atoms with Gasteiger partial charge in [-0.2, -0.15) is 0 Å². The summed E-state index contributed by atoms with van der Waals surface area (Å²) in [5.41, 5.74) is 1.06. The topological polar surface area (TPSA) is 15.3 Å². The van der Waals surface area contributed by atoms with E-state index in [1.165, 1.54) is 31.7 Å². The largest absolute Gasteiger partial charge is 0.314 e. The molecule has 1 saturated carbocycles. The van der Waals surface area contributed by atoms with Gasteiger partial charge in [0.25, 0.3) is 0 Å². The zero-order valence-electron chi connectivity index (χ0n) is 11.7. The van der Waals surface area contributed by atoms with Gasteiger partial charge in [0.1, 0.15) is 5.82 Å². The molecule has 110 valence electrons. The molecule has 1 atom stereocenters. The molecule has 1 heterocycles. The fourth-order valence-corrected chi connectivity index (χ4v) is 3.38. The van der Waals surface area contributed by atoms with Crippen LogP contribution in [-0.2, 0) is 6.54 Å². The third kappa shape index (κ3) is 3.80. The van der Waals surface area contributed by atoms with E-state index >= 15 is 0 Å². The van der Waals surface area contributed by atoms with Gasteiger partial charge in [-0.3, -0.25) is 4.90 Å². The molecule has 4 heteroatoms. The van der Waals surface area contributed by atoms with Crippen molar-refractivity contribution in [2.45, 2.75) is 38.3 Å². The number of rotatable bonds is 5. The van der Waals surface area contributed by atoms with Gasteiger partial charge in [-0.05, 0) is 72.3 Å². The van der Waals surface area contributed by atoms with Crippen LogP contribution in [0.2, 0.25) is 0 Å². The number of benzene rings is 1. The molecule has 1 aliphatic carbocycles. The smallest absolute Gasteiger partial charge is 0.137 e. The van der Waals surface area contributed by atoms with Crippen LogP contribution in [0.25, 0.3) is 0 Å². The molecule has 20 heavy (non-hydrogen) atoms. The number of halogens is 2. The second kappa shape index (κ2) is 6.54. The zero-order valence-corrected chi connectivity index (χ0v) is 13.3. The Kier molecular flexibility index (Phi) is 4.74. The molecule has 1 N–H and O–H groups in total. The summed E-state index contributed by atoms with van der Waals surface area (Å²) in [6.45, 7) is 4.25. The lowest BCUT2D eigenvalue weighted by Gasteiger charge is -2.33. The van der Waals surface area contributed by atoms with Crippen molar-refractivity contribution in [1.82, 2.24) is 10.2 Å². The maximum Gasteiger partial charge on any atom is 0.137 e. The Balaban J connectivity index is 1.54. The summed E-state index contributed by atoms with van der Waals surface area (Å²) in [4.78, 5) is 2.46. The Hall–Kier alpha value is -0.450. The number of nitrogens with one attached hydrogen (secondary N) is 1. The predicted molar refractivity (Wildman–Crippen MR) is 83.1 cm³/mol. The van der Waals surface area contributed by atoms with Gasteiger partial charge in [-0.25, -0.2) is 4.39 Å². The standard InChI is InChI=1S/C16H22BrFN2/c17-16-13(4-1-5-15(16)18)11-20-8-2-3-12(10-20)9-19-14-6-7-14/h1,4-5,12,14,19H,2-3,6-11H2. The minimum Gasteiger partial charge on any atom is -0.314 e. The lowest BCUT2D eigenvalue weighted by atomic mass is 9.97. The summed E-state index contributed by atoms with van der Waals surface area (Å²) in [6.07, 6.45) is 5.28. The zero-order chi connectivity index (χ0) is 13.9. The lowest BCUT2D eigenvalue weighted by Crippen LogP contribution is -2.39. The van der Waals surface area contributed by atoms with E-state index in [9.17, 15) is 4.39 Å². The predicted octanol–water partition coefficient (Wildman–Crippen LogP) is 3.55. The van der Waals surface area contributed by atoms with Gasteiger partial charge in [-0.1, -0.05) is 12.1 Å². The summed E-state index contributed by atoms with van der Waals surface area (Å²) in [5, 5.41) is 3.64. The molecule has 2 aliphatic rings. The van der Waals surface area contributed by atoms with E-state index in [1.54, 1.807) is 6.07 Å². The molecule has 2 fully saturated rings. The van der Waals surface area contributed by atoms with Crippen LogP contribution in [0, 0.1) is 11.7 Å². The van der Waals surface area contributed by atoms with E-state index < -0.39 is 0 Å². The summed E-state index contributed by atoms with van der Waals surface area (Å²) in [5.74, 6) is 0.586. The van der Waals surface area contributed by atoms with E-state index in [4.69, 9.17) is 0 Å². The van der Waals surface area contributed by atoms with Gasteiger partial charge >= 0.3 is 0 Å². The van der Waals surface area contributed by atoms with E-state index in [0.717, 1.165) is 43.7 Å². The Morgan fingerprint density at radius 2 is 2.15 bits per heavy atom. The first-order valence-corrected chi connectivity index (χ1v) is 8.40. The summed E-state index contributed by atoms with van der Waals surface area (Å²) in [7, 11) is 0. The SMILES string of the molecule is Fc1cccc(CN2CCCC(CNC3CC3)C2)c1Br. The third-order valence-electron chi connectivity index (χ3n) is 4.30. The Bertz CT molecular complexity index is 462. The van der Waals surface area contributed by atoms with Crippen LogP contribution in [0.1, 0.15) is 31.2 Å². The van der Waals surface area contributed by atoms with Crippen molar-refractivity contribution in [3.63, 3.8) is 0 Å². The van der Waals surface area contributed by atoms with Crippen LogP contribution in [-0.4, -0.2) is 30.6 Å². The number of hydrogen-bond donors (Lipinski definition) is 1. The fraction of sp³-hybridized carbons (Fsp3) is 0.625. The summed E-state index contributed by atoms with van der Waals surface area (Å²) >= 11 is 3.37. The number of nitrogens with zero attached hydrogens (tertiary/aromatic N) is 1. The van der Waals surface area contributed by atoms with Gasteiger partial charge in [-0.15, -0.1) is 0 Å². The molecule has 0 bridgehead atoms. The van der Waals surface area contributed by atoms with E-state index in [-0.39, 0.29) is 5.82 Å². The quantitative estimate of drug-likeness (QED) is 0.881. The Morgan fingerprint density at radius 3 is 2.95 bits per heavy atom. The van der Waals surface area contributed by atoms with Crippen molar-refractivity contribution in [2.75, 3.05) is 19.6 Å². The first kappa shape index (κ1) is 14.5. The molecule has 3 rings (SSSR count). The first-order chi connectivity index (χ1) is 9.72. The second-order valence-electron chi connectivity index (χ2n) is 6.14. The normalized spacial score (nSPS) is 24.0. The van der Waals surface area contributed by atoms with Gasteiger partial charge in [0.2, 0.25) is 0 Å². The number of piperidine rings is 1. The van der Waals surface area contributed by atoms with Crippen LogP contribution >= 0.6 is 15.9 Å². The monoisotopic (exact) mass is 340 g/mol. The fourth-order valence-electron chi connectivity index (χ4n) is 2.99. The van der Waals surface area contributed by atoms with Gasteiger partial charge in [0, 0.05) is 19.1 Å². The number of likely N-dealkylation sites (tertiary alicyclic amines) is 1. The van der Waals surface area contributed by atoms with Crippen molar-refractivity contribution in [3.05, 3.63) is 34.1 Å². The third-order valence-corrected chi connectivity index (χ3v) is 5.19. The van der Waals surface area contributed by atoms with Gasteiger partial charge in [0.05, 0.1) is 4.47 Å². The first-order valence-electron chi connectivity index (χ1n) is 7.61. The van der Waals surface area contributed by atoms with Crippen LogP contribution in [0.3, 0.4) is 0 Å². The highest BCUT2D eigenvalue weighted by Gasteiger charge is 2.25. The highest BCUT2D eigenvalue weighted by atomic mass is 79.9. The molecule has 0 amide bonds. The summed E-state index contributed by atoms with van der Waals surface area (Å²) in [6, 6.07) is 6.11. The average Bonchev–Trinajstić information content (AvgIpc) is 3.26. The maximum absolute atomic E-state index is 13.6. The molecule has 1 aromatic carbocycles. The highest BCUT2D eigenvalue weighted by Crippen LogP contribution is 2.25. The Morgan fingerprint density at radius 1 is 1.30 bits per heavy atom. The van der Waals surface area contributed by atoms with E-state index in [2.05, 4.69) is 26.1 Å². The van der Waals surface area contributed by atoms with Crippen LogP contribution in [0.4, 0.5) is 4.39 Å². The van der Waals surface area contributed by atoms with Crippen molar-refractivity contribution in [3.8, 4) is 0 Å².